The topological polar surface area (TPSA) is 46.6 Å². The average Bonchev–Trinajstić information content (AvgIpc) is 2.56. The zero-order valence-electron chi connectivity index (χ0n) is 12.1. The Balaban J connectivity index is 2.24. The van der Waals surface area contributed by atoms with E-state index < -0.39 is 11.7 Å². The normalized spacial score (nSPS) is 10.0. The zero-order valence-corrected chi connectivity index (χ0v) is 12.1. The number of nitrogens with zero attached hydrogens (tertiary/aromatic N) is 1. The van der Waals surface area contributed by atoms with Gasteiger partial charge in [0, 0.05) is 17.8 Å². The molecule has 0 aliphatic heterocycles. The number of methoxy groups -OCH3 is 1. The van der Waals surface area contributed by atoms with Gasteiger partial charge in [0.25, 0.3) is 11.7 Å². The summed E-state index contributed by atoms with van der Waals surface area (Å²) in [5, 5.41) is 0. The Kier molecular flexibility index (Phi) is 4.72. The molecule has 0 atom stereocenters. The molecule has 4 heteroatoms. The highest BCUT2D eigenvalue weighted by molar-refractivity contribution is 6.47. The summed E-state index contributed by atoms with van der Waals surface area (Å²) >= 11 is 0. The number of hydrogen-bond acceptors (Lipinski definition) is 3. The van der Waals surface area contributed by atoms with Gasteiger partial charge in [-0.15, -0.1) is 0 Å². The Morgan fingerprint density at radius 2 is 1.62 bits per heavy atom. The van der Waals surface area contributed by atoms with Gasteiger partial charge in [-0.2, -0.15) is 0 Å². The molecular weight excluding hydrogens is 266 g/mol. The molecule has 0 spiro atoms. The van der Waals surface area contributed by atoms with Crippen LogP contribution in [-0.4, -0.2) is 25.3 Å². The number of anilines is 1. The van der Waals surface area contributed by atoms with Crippen LogP contribution in [0, 0.1) is 0 Å². The molecular formula is C17H17NO3. The molecule has 0 aromatic heterocycles. The number of Topliss-reactive ketones (excluding diaryl/α,β-unsaturated/α-hetero) is 1. The number of carbonyl (C=O) groups excluding carboxylic acids is 2. The number of hydrogen-bond donors (Lipinski definition) is 0. The van der Waals surface area contributed by atoms with Crippen molar-refractivity contribution < 1.29 is 14.3 Å². The van der Waals surface area contributed by atoms with Crippen LogP contribution in [0.4, 0.5) is 5.69 Å². The highest BCUT2D eigenvalue weighted by Crippen LogP contribution is 2.20. The van der Waals surface area contributed by atoms with Crippen LogP contribution < -0.4 is 9.64 Å². The Labute approximate surface area is 124 Å². The van der Waals surface area contributed by atoms with Crippen LogP contribution in [0.3, 0.4) is 0 Å². The Bertz CT molecular complexity index is 620. The maximum absolute atomic E-state index is 12.4. The van der Waals surface area contributed by atoms with E-state index >= 15 is 0 Å². The smallest absolute Gasteiger partial charge is 0.299 e. The van der Waals surface area contributed by atoms with Crippen molar-refractivity contribution in [2.45, 2.75) is 6.92 Å². The lowest BCUT2D eigenvalue weighted by Crippen LogP contribution is -2.36. The van der Waals surface area contributed by atoms with Gasteiger partial charge in [0.1, 0.15) is 5.75 Å². The molecule has 0 N–H and O–H groups in total. The van der Waals surface area contributed by atoms with Gasteiger partial charge in [0.15, 0.2) is 0 Å². The van der Waals surface area contributed by atoms with Crippen molar-refractivity contribution >= 4 is 17.4 Å². The predicted octanol–water partition coefficient (Wildman–Crippen LogP) is 2.93. The number of benzene rings is 2. The summed E-state index contributed by atoms with van der Waals surface area (Å²) in [6.45, 7) is 2.25. The molecule has 1 amide bonds. The van der Waals surface area contributed by atoms with Gasteiger partial charge in [-0.05, 0) is 31.2 Å². The van der Waals surface area contributed by atoms with Crippen molar-refractivity contribution in [3.63, 3.8) is 0 Å². The fraction of sp³-hybridized carbons (Fsp3) is 0.176. The lowest BCUT2D eigenvalue weighted by molar-refractivity contribution is -0.114. The SMILES string of the molecule is CCN(C(=O)C(=O)c1ccccc1)c1ccc(OC)cc1. The molecule has 0 radical (unpaired) electrons. The molecule has 0 saturated heterocycles. The average molecular weight is 283 g/mol. The minimum Gasteiger partial charge on any atom is -0.497 e. The summed E-state index contributed by atoms with van der Waals surface area (Å²) < 4.78 is 5.09. The maximum atomic E-state index is 12.4. The first-order valence-electron chi connectivity index (χ1n) is 6.72. The third kappa shape index (κ3) is 3.28. The molecule has 21 heavy (non-hydrogen) atoms. The van der Waals surface area contributed by atoms with Crippen molar-refractivity contribution in [3.05, 3.63) is 60.2 Å². The molecule has 2 rings (SSSR count). The standard InChI is InChI=1S/C17H17NO3/c1-3-18(14-9-11-15(21-2)12-10-14)17(20)16(19)13-7-5-4-6-8-13/h4-12H,3H2,1-2H3. The second-order valence-electron chi connectivity index (χ2n) is 4.44. The van der Waals surface area contributed by atoms with Crippen LogP contribution in [0.1, 0.15) is 17.3 Å². The minimum atomic E-state index is -0.533. The van der Waals surface area contributed by atoms with Gasteiger partial charge in [0.05, 0.1) is 7.11 Å². The maximum Gasteiger partial charge on any atom is 0.299 e. The van der Waals surface area contributed by atoms with Crippen molar-refractivity contribution in [2.24, 2.45) is 0 Å². The number of rotatable bonds is 5. The molecule has 0 aliphatic carbocycles. The van der Waals surface area contributed by atoms with Crippen LogP contribution in [-0.2, 0) is 4.79 Å². The van der Waals surface area contributed by atoms with Crippen molar-refractivity contribution in [1.29, 1.82) is 0 Å². The number of carbonyl (C=O) groups is 2. The van der Waals surface area contributed by atoms with E-state index in [1.54, 1.807) is 55.6 Å². The first-order valence-corrected chi connectivity index (χ1v) is 6.72. The van der Waals surface area contributed by atoms with E-state index in [9.17, 15) is 9.59 Å². The molecule has 4 nitrogen and oxygen atoms in total. The van der Waals surface area contributed by atoms with E-state index in [1.165, 1.54) is 4.90 Å². The summed E-state index contributed by atoms with van der Waals surface area (Å²) in [6.07, 6.45) is 0. The summed E-state index contributed by atoms with van der Waals surface area (Å²) in [5.41, 5.74) is 1.07. The van der Waals surface area contributed by atoms with Crippen LogP contribution in [0.2, 0.25) is 0 Å². The quantitative estimate of drug-likeness (QED) is 0.626. The summed E-state index contributed by atoms with van der Waals surface area (Å²) in [7, 11) is 1.58. The molecule has 0 bridgehead atoms. The zero-order chi connectivity index (χ0) is 15.2. The second kappa shape index (κ2) is 6.70. The predicted molar refractivity (Wildman–Crippen MR) is 81.8 cm³/mol. The fourth-order valence-corrected chi connectivity index (χ4v) is 2.04. The Morgan fingerprint density at radius 3 is 2.14 bits per heavy atom. The van der Waals surface area contributed by atoms with E-state index in [1.807, 2.05) is 13.0 Å². The van der Waals surface area contributed by atoms with Crippen LogP contribution in [0.25, 0.3) is 0 Å². The second-order valence-corrected chi connectivity index (χ2v) is 4.44. The molecule has 2 aromatic rings. The first-order chi connectivity index (χ1) is 10.2. The van der Waals surface area contributed by atoms with Gasteiger partial charge < -0.3 is 9.64 Å². The van der Waals surface area contributed by atoms with Gasteiger partial charge >= 0.3 is 0 Å². The van der Waals surface area contributed by atoms with E-state index in [0.29, 0.717) is 23.5 Å². The number of ether oxygens (including phenoxy) is 1. The van der Waals surface area contributed by atoms with Crippen molar-refractivity contribution in [2.75, 3.05) is 18.6 Å². The minimum absolute atomic E-state index is 0.398. The van der Waals surface area contributed by atoms with Crippen LogP contribution in [0.15, 0.2) is 54.6 Å². The third-order valence-corrected chi connectivity index (χ3v) is 3.18. The number of amides is 1. The highest BCUT2D eigenvalue weighted by atomic mass is 16.5. The lowest BCUT2D eigenvalue weighted by atomic mass is 10.1. The molecule has 0 fully saturated rings. The van der Waals surface area contributed by atoms with Gasteiger partial charge in [0.2, 0.25) is 0 Å². The largest absolute Gasteiger partial charge is 0.497 e. The molecule has 0 unspecified atom stereocenters. The third-order valence-electron chi connectivity index (χ3n) is 3.18. The van der Waals surface area contributed by atoms with E-state index in [-0.39, 0.29) is 0 Å². The molecule has 108 valence electrons. The summed E-state index contributed by atoms with van der Waals surface area (Å²) in [5.74, 6) is -0.334. The Hall–Kier alpha value is -2.62. The van der Waals surface area contributed by atoms with Crippen LogP contribution >= 0.6 is 0 Å². The van der Waals surface area contributed by atoms with E-state index in [4.69, 9.17) is 4.74 Å². The molecule has 0 saturated carbocycles. The highest BCUT2D eigenvalue weighted by Gasteiger charge is 2.23. The van der Waals surface area contributed by atoms with Gasteiger partial charge in [-0.3, -0.25) is 9.59 Å². The van der Waals surface area contributed by atoms with Crippen molar-refractivity contribution in [1.82, 2.24) is 0 Å². The van der Waals surface area contributed by atoms with E-state index in [0.717, 1.165) is 0 Å². The van der Waals surface area contributed by atoms with Gasteiger partial charge in [-0.1, -0.05) is 30.3 Å². The Morgan fingerprint density at radius 1 is 1.00 bits per heavy atom. The van der Waals surface area contributed by atoms with Gasteiger partial charge in [-0.25, -0.2) is 0 Å². The lowest BCUT2D eigenvalue weighted by Gasteiger charge is -2.20. The number of ketones is 1. The van der Waals surface area contributed by atoms with Crippen molar-refractivity contribution in [3.8, 4) is 5.75 Å². The number of likely N-dealkylation sites (N-methyl/N-ethyl adjacent to an activating group) is 1. The van der Waals surface area contributed by atoms with Crippen LogP contribution in [0.5, 0.6) is 5.75 Å². The first kappa shape index (κ1) is 14.8. The summed E-state index contributed by atoms with van der Waals surface area (Å²) in [4.78, 5) is 26.1. The fourth-order valence-electron chi connectivity index (χ4n) is 2.04. The van der Waals surface area contributed by atoms with E-state index in [2.05, 4.69) is 0 Å². The monoisotopic (exact) mass is 283 g/mol. The molecule has 0 aliphatic rings. The summed E-state index contributed by atoms with van der Waals surface area (Å²) in [6, 6.07) is 15.6. The molecule has 2 aromatic carbocycles. The molecule has 0 heterocycles.